The summed E-state index contributed by atoms with van der Waals surface area (Å²) in [7, 11) is 0. The van der Waals surface area contributed by atoms with E-state index in [4.69, 9.17) is 5.73 Å². The van der Waals surface area contributed by atoms with Crippen LogP contribution < -0.4 is 5.73 Å². The smallest absolute Gasteiger partial charge is 0.293 e. The van der Waals surface area contributed by atoms with Crippen molar-refractivity contribution >= 4 is 45.8 Å². The van der Waals surface area contributed by atoms with Crippen molar-refractivity contribution in [2.45, 2.75) is 19.9 Å². The van der Waals surface area contributed by atoms with Gasteiger partial charge in [0.15, 0.2) is 0 Å². The highest BCUT2D eigenvalue weighted by Gasteiger charge is 2.34. The molecule has 3 rings (SSSR count). The molecule has 2 aromatic rings. The highest BCUT2D eigenvalue weighted by Crippen LogP contribution is 2.34. The van der Waals surface area contributed by atoms with E-state index in [0.717, 1.165) is 45.1 Å². The predicted molar refractivity (Wildman–Crippen MR) is 103 cm³/mol. The molecule has 7 heteroatoms. The number of fused-ring (bicyclic) bond motifs is 1. The third-order valence-corrected chi connectivity index (χ3v) is 5.10. The minimum Gasteiger partial charge on any atom is -0.368 e. The minimum absolute atomic E-state index is 0.0549. The molecule has 1 fully saturated rings. The molecule has 0 spiro atoms. The summed E-state index contributed by atoms with van der Waals surface area (Å²) in [5.41, 5.74) is 8.16. The Hall–Kier alpha value is -2.80. The molecule has 1 aromatic carbocycles. The largest absolute Gasteiger partial charge is 0.368 e. The summed E-state index contributed by atoms with van der Waals surface area (Å²) in [6.07, 6.45) is 5.82. The van der Waals surface area contributed by atoms with Crippen LogP contribution in [-0.4, -0.2) is 33.1 Å². The maximum absolute atomic E-state index is 12.4. The maximum atomic E-state index is 12.4. The van der Waals surface area contributed by atoms with Crippen molar-refractivity contribution in [3.05, 3.63) is 53.1 Å². The Morgan fingerprint density at radius 3 is 2.77 bits per heavy atom. The van der Waals surface area contributed by atoms with Crippen molar-refractivity contribution in [2.24, 2.45) is 5.73 Å². The van der Waals surface area contributed by atoms with Gasteiger partial charge in [0.2, 0.25) is 5.91 Å². The number of primary amides is 1. The summed E-state index contributed by atoms with van der Waals surface area (Å²) in [5, 5.41) is 0.609. The number of carbonyl (C=O) groups is 3. The lowest BCUT2D eigenvalue weighted by molar-refractivity contribution is -0.122. The number of imide groups is 1. The van der Waals surface area contributed by atoms with Crippen molar-refractivity contribution in [2.75, 3.05) is 6.54 Å². The zero-order valence-corrected chi connectivity index (χ0v) is 15.2. The normalized spacial score (nSPS) is 16.0. The Morgan fingerprint density at radius 2 is 2.12 bits per heavy atom. The first kappa shape index (κ1) is 18.0. The molecule has 0 aliphatic carbocycles. The molecule has 1 saturated heterocycles. The molecule has 0 saturated carbocycles. The molecule has 0 unspecified atom stereocenters. The standard InChI is InChI=1S/C19H19N3O3S/c1-3-8-22-18(24)15(26-19(22)25)9-13-10-21(11-16(20)23)17-12(4-2)6-5-7-14(13)17/h3,5-7,9-10H,1,4,8,11H2,2H3,(H2,20,23)/b15-9-. The highest BCUT2D eigenvalue weighted by molar-refractivity contribution is 8.18. The van der Waals surface area contributed by atoms with Crippen LogP contribution in [0.25, 0.3) is 17.0 Å². The van der Waals surface area contributed by atoms with Crippen molar-refractivity contribution < 1.29 is 14.4 Å². The zero-order valence-electron chi connectivity index (χ0n) is 14.4. The van der Waals surface area contributed by atoms with Crippen LogP contribution in [0.3, 0.4) is 0 Å². The molecule has 3 amide bonds. The highest BCUT2D eigenvalue weighted by atomic mass is 32.2. The quantitative estimate of drug-likeness (QED) is 0.627. The van der Waals surface area contributed by atoms with Gasteiger partial charge >= 0.3 is 0 Å². The summed E-state index contributed by atoms with van der Waals surface area (Å²) in [6.45, 7) is 5.85. The van der Waals surface area contributed by atoms with Gasteiger partial charge in [-0.1, -0.05) is 31.2 Å². The minimum atomic E-state index is -0.439. The first-order chi connectivity index (χ1) is 12.5. The molecular formula is C19H19N3O3S. The van der Waals surface area contributed by atoms with E-state index in [2.05, 4.69) is 6.58 Å². The second kappa shape index (κ2) is 7.21. The Kier molecular flexibility index (Phi) is 4.99. The molecule has 2 heterocycles. The van der Waals surface area contributed by atoms with Crippen molar-refractivity contribution in [3.63, 3.8) is 0 Å². The Bertz CT molecular complexity index is 958. The summed E-state index contributed by atoms with van der Waals surface area (Å²) in [5.74, 6) is -0.770. The summed E-state index contributed by atoms with van der Waals surface area (Å²) >= 11 is 0.908. The fourth-order valence-corrected chi connectivity index (χ4v) is 3.93. The average Bonchev–Trinajstić information content (AvgIpc) is 3.07. The summed E-state index contributed by atoms with van der Waals surface area (Å²) < 4.78 is 1.80. The topological polar surface area (TPSA) is 85.4 Å². The van der Waals surface area contributed by atoms with Crippen LogP contribution in [0.5, 0.6) is 0 Å². The molecule has 1 aliphatic heterocycles. The Labute approximate surface area is 155 Å². The van der Waals surface area contributed by atoms with Crippen LogP contribution in [0, 0.1) is 0 Å². The molecule has 26 heavy (non-hydrogen) atoms. The van der Waals surface area contributed by atoms with Crippen LogP contribution in [-0.2, 0) is 22.6 Å². The molecule has 2 N–H and O–H groups in total. The van der Waals surface area contributed by atoms with Gasteiger partial charge in [-0.3, -0.25) is 19.3 Å². The van der Waals surface area contributed by atoms with Crippen LogP contribution >= 0.6 is 11.8 Å². The van der Waals surface area contributed by atoms with Gasteiger partial charge in [-0.15, -0.1) is 6.58 Å². The van der Waals surface area contributed by atoms with Gasteiger partial charge < -0.3 is 10.3 Å². The van der Waals surface area contributed by atoms with Crippen molar-refractivity contribution in [1.82, 2.24) is 9.47 Å². The Morgan fingerprint density at radius 1 is 1.35 bits per heavy atom. The number of thioether (sulfide) groups is 1. The van der Waals surface area contributed by atoms with Crippen molar-refractivity contribution in [1.29, 1.82) is 0 Å². The second-order valence-corrected chi connectivity index (χ2v) is 6.92. The summed E-state index contributed by atoms with van der Waals surface area (Å²) in [6, 6.07) is 5.88. The maximum Gasteiger partial charge on any atom is 0.293 e. The number of nitrogens with two attached hydrogens (primary N) is 1. The molecule has 1 aliphatic rings. The molecule has 0 atom stereocenters. The fraction of sp³-hybridized carbons (Fsp3) is 0.211. The molecule has 0 radical (unpaired) electrons. The number of amides is 3. The van der Waals surface area contributed by atoms with Gasteiger partial charge in [-0.05, 0) is 29.8 Å². The first-order valence-electron chi connectivity index (χ1n) is 8.21. The zero-order chi connectivity index (χ0) is 18.8. The van der Waals surface area contributed by atoms with Crippen LogP contribution in [0.4, 0.5) is 4.79 Å². The number of benzene rings is 1. The van der Waals surface area contributed by atoms with Gasteiger partial charge in [-0.25, -0.2) is 0 Å². The van der Waals surface area contributed by atoms with Gasteiger partial charge in [0.05, 0.1) is 10.4 Å². The number of hydrogen-bond donors (Lipinski definition) is 1. The lowest BCUT2D eigenvalue weighted by atomic mass is 10.1. The fourth-order valence-electron chi connectivity index (χ4n) is 3.09. The second-order valence-electron chi connectivity index (χ2n) is 5.93. The third kappa shape index (κ3) is 3.17. The SMILES string of the molecule is C=CCN1C(=O)S/C(=C\c2cn(CC(N)=O)c3c(CC)cccc23)C1=O. The van der Waals surface area contributed by atoms with E-state index >= 15 is 0 Å². The van der Waals surface area contributed by atoms with Gasteiger partial charge in [-0.2, -0.15) is 0 Å². The van der Waals surface area contributed by atoms with Crippen LogP contribution in [0.15, 0.2) is 42.0 Å². The van der Waals surface area contributed by atoms with E-state index in [-0.39, 0.29) is 24.2 Å². The van der Waals surface area contributed by atoms with Crippen LogP contribution in [0.2, 0.25) is 0 Å². The predicted octanol–water partition coefficient (Wildman–Crippen LogP) is 2.91. The number of aryl methyl sites for hydroxylation is 1. The van der Waals surface area contributed by atoms with E-state index in [1.165, 1.54) is 6.08 Å². The van der Waals surface area contributed by atoms with E-state index in [1.807, 2.05) is 25.1 Å². The van der Waals surface area contributed by atoms with Gasteiger partial charge in [0.25, 0.3) is 11.1 Å². The first-order valence-corrected chi connectivity index (χ1v) is 9.03. The van der Waals surface area contributed by atoms with E-state index in [9.17, 15) is 14.4 Å². The number of hydrogen-bond acceptors (Lipinski definition) is 4. The van der Waals surface area contributed by atoms with E-state index in [0.29, 0.717) is 4.91 Å². The molecule has 0 bridgehead atoms. The monoisotopic (exact) mass is 369 g/mol. The molecular weight excluding hydrogens is 350 g/mol. The number of para-hydroxylation sites is 1. The van der Waals surface area contributed by atoms with E-state index in [1.54, 1.807) is 16.8 Å². The molecule has 6 nitrogen and oxygen atoms in total. The lowest BCUT2D eigenvalue weighted by Crippen LogP contribution is -2.27. The van der Waals surface area contributed by atoms with Gasteiger partial charge in [0.1, 0.15) is 6.54 Å². The average molecular weight is 369 g/mol. The number of rotatable bonds is 6. The van der Waals surface area contributed by atoms with Crippen LogP contribution in [0.1, 0.15) is 18.1 Å². The lowest BCUT2D eigenvalue weighted by Gasteiger charge is -2.07. The number of nitrogens with zero attached hydrogens (tertiary/aromatic N) is 2. The molecule has 1 aromatic heterocycles. The third-order valence-electron chi connectivity index (χ3n) is 4.19. The molecule has 134 valence electrons. The number of aromatic nitrogens is 1. The Balaban J connectivity index is 2.11. The van der Waals surface area contributed by atoms with E-state index < -0.39 is 5.91 Å². The summed E-state index contributed by atoms with van der Waals surface area (Å²) in [4.78, 5) is 37.4. The number of carbonyl (C=O) groups excluding carboxylic acids is 3. The van der Waals surface area contributed by atoms with Gasteiger partial charge in [0, 0.05) is 23.7 Å². The van der Waals surface area contributed by atoms with Crippen molar-refractivity contribution in [3.8, 4) is 0 Å².